The molecule has 1 aliphatic rings. The topological polar surface area (TPSA) is 60.2 Å². The van der Waals surface area contributed by atoms with Crippen molar-refractivity contribution >= 4 is 11.7 Å². The highest BCUT2D eigenvalue weighted by Gasteiger charge is 2.27. The van der Waals surface area contributed by atoms with E-state index in [0.717, 1.165) is 31.2 Å². The van der Waals surface area contributed by atoms with E-state index < -0.39 is 5.92 Å². The summed E-state index contributed by atoms with van der Waals surface area (Å²) in [6.45, 7) is 1.75. The Hall–Kier alpha value is -1.64. The molecular formula is C15H19NO2. The normalized spacial score (nSPS) is 17.6. The number of Topliss-reactive ketones (excluding diaryl/α,β-unsaturated/α-hetero) is 1. The van der Waals surface area contributed by atoms with Gasteiger partial charge in [0, 0.05) is 11.5 Å². The molecule has 0 aromatic heterocycles. The summed E-state index contributed by atoms with van der Waals surface area (Å²) in [6.07, 6.45) is 4.20. The van der Waals surface area contributed by atoms with Crippen LogP contribution >= 0.6 is 0 Å². The molecule has 0 radical (unpaired) electrons. The minimum absolute atomic E-state index is 0.131. The molecule has 1 unspecified atom stereocenters. The Kier molecular flexibility index (Phi) is 3.80. The number of hydrogen-bond acceptors (Lipinski definition) is 2. The monoisotopic (exact) mass is 245 g/mol. The molecule has 2 N–H and O–H groups in total. The molecular weight excluding hydrogens is 226 g/mol. The number of nitrogens with two attached hydrogens (primary N) is 1. The van der Waals surface area contributed by atoms with Crippen LogP contribution in [0.5, 0.6) is 0 Å². The Balaban J connectivity index is 2.32. The van der Waals surface area contributed by atoms with Gasteiger partial charge in [-0.3, -0.25) is 9.59 Å². The lowest BCUT2D eigenvalue weighted by Crippen LogP contribution is -2.22. The van der Waals surface area contributed by atoms with Gasteiger partial charge in [-0.15, -0.1) is 0 Å². The second-order valence-corrected chi connectivity index (χ2v) is 5.06. The van der Waals surface area contributed by atoms with Gasteiger partial charge < -0.3 is 5.73 Å². The van der Waals surface area contributed by atoms with Gasteiger partial charge in [0.05, 0.1) is 5.92 Å². The van der Waals surface area contributed by atoms with E-state index in [1.54, 1.807) is 6.92 Å². The fourth-order valence-corrected chi connectivity index (χ4v) is 2.66. The lowest BCUT2D eigenvalue weighted by Gasteiger charge is -2.15. The molecule has 1 amide bonds. The van der Waals surface area contributed by atoms with Crippen LogP contribution in [0.3, 0.4) is 0 Å². The second kappa shape index (κ2) is 5.34. The van der Waals surface area contributed by atoms with Crippen molar-refractivity contribution in [3.8, 4) is 0 Å². The molecule has 1 aromatic rings. The molecule has 1 aliphatic carbocycles. The summed E-state index contributed by atoms with van der Waals surface area (Å²) in [7, 11) is 0. The first-order chi connectivity index (χ1) is 8.61. The summed E-state index contributed by atoms with van der Waals surface area (Å²) in [5, 5.41) is 0. The first-order valence-corrected chi connectivity index (χ1v) is 6.53. The minimum Gasteiger partial charge on any atom is -0.369 e. The van der Waals surface area contributed by atoms with Gasteiger partial charge in [0.1, 0.15) is 0 Å². The van der Waals surface area contributed by atoms with Crippen molar-refractivity contribution in [2.24, 2.45) is 11.7 Å². The van der Waals surface area contributed by atoms with Gasteiger partial charge in [-0.1, -0.05) is 37.1 Å². The van der Waals surface area contributed by atoms with Crippen molar-refractivity contribution in [3.63, 3.8) is 0 Å². The van der Waals surface area contributed by atoms with Crippen LogP contribution in [-0.4, -0.2) is 11.7 Å². The van der Waals surface area contributed by atoms with E-state index in [1.807, 2.05) is 24.3 Å². The molecule has 3 nitrogen and oxygen atoms in total. The zero-order chi connectivity index (χ0) is 13.1. The Morgan fingerprint density at radius 2 is 1.83 bits per heavy atom. The number of amides is 1. The fourth-order valence-electron chi connectivity index (χ4n) is 2.66. The quantitative estimate of drug-likeness (QED) is 0.829. The van der Waals surface area contributed by atoms with Gasteiger partial charge in [-0.25, -0.2) is 0 Å². The third-order valence-electron chi connectivity index (χ3n) is 3.85. The number of ketones is 1. The van der Waals surface area contributed by atoms with Crippen molar-refractivity contribution in [1.82, 2.24) is 0 Å². The van der Waals surface area contributed by atoms with E-state index in [0.29, 0.717) is 5.56 Å². The molecule has 2 rings (SSSR count). The average molecular weight is 245 g/mol. The van der Waals surface area contributed by atoms with Crippen LogP contribution in [-0.2, 0) is 4.79 Å². The molecule has 0 saturated heterocycles. The van der Waals surface area contributed by atoms with Crippen LogP contribution in [0, 0.1) is 5.92 Å². The molecule has 0 spiro atoms. The SMILES string of the molecule is CC(C(N)=O)c1ccccc1C(=O)C1CCCC1. The molecule has 96 valence electrons. The van der Waals surface area contributed by atoms with Crippen molar-refractivity contribution in [1.29, 1.82) is 0 Å². The van der Waals surface area contributed by atoms with E-state index in [-0.39, 0.29) is 17.6 Å². The smallest absolute Gasteiger partial charge is 0.224 e. The number of carbonyl (C=O) groups excluding carboxylic acids is 2. The van der Waals surface area contributed by atoms with Crippen molar-refractivity contribution in [2.75, 3.05) is 0 Å². The third kappa shape index (κ3) is 2.45. The van der Waals surface area contributed by atoms with Crippen LogP contribution < -0.4 is 5.73 Å². The highest BCUT2D eigenvalue weighted by Crippen LogP contribution is 2.30. The predicted molar refractivity (Wildman–Crippen MR) is 70.3 cm³/mol. The van der Waals surface area contributed by atoms with Gasteiger partial charge in [0.25, 0.3) is 0 Å². The summed E-state index contributed by atoms with van der Waals surface area (Å²) in [5.74, 6) is -0.490. The molecule has 0 heterocycles. The molecule has 0 aliphatic heterocycles. The Bertz CT molecular complexity index is 461. The van der Waals surface area contributed by atoms with Crippen LogP contribution in [0.1, 0.15) is 54.4 Å². The summed E-state index contributed by atoms with van der Waals surface area (Å²) < 4.78 is 0. The highest BCUT2D eigenvalue weighted by atomic mass is 16.1. The lowest BCUT2D eigenvalue weighted by atomic mass is 9.88. The predicted octanol–water partition coefficient (Wildman–Crippen LogP) is 2.65. The summed E-state index contributed by atoms with van der Waals surface area (Å²) >= 11 is 0. The lowest BCUT2D eigenvalue weighted by molar-refractivity contribution is -0.119. The van der Waals surface area contributed by atoms with Gasteiger partial charge in [-0.05, 0) is 25.3 Å². The zero-order valence-electron chi connectivity index (χ0n) is 10.7. The molecule has 1 atom stereocenters. The van der Waals surface area contributed by atoms with Crippen LogP contribution in [0.15, 0.2) is 24.3 Å². The standard InChI is InChI=1S/C15H19NO2/c1-10(15(16)18)12-8-4-5-9-13(12)14(17)11-6-2-3-7-11/h4-5,8-11H,2-3,6-7H2,1H3,(H2,16,18). The van der Waals surface area contributed by atoms with Crippen molar-refractivity contribution in [2.45, 2.75) is 38.5 Å². The number of benzene rings is 1. The Labute approximate surface area is 107 Å². The third-order valence-corrected chi connectivity index (χ3v) is 3.85. The van der Waals surface area contributed by atoms with E-state index >= 15 is 0 Å². The van der Waals surface area contributed by atoms with E-state index in [4.69, 9.17) is 5.73 Å². The number of carbonyl (C=O) groups is 2. The maximum absolute atomic E-state index is 12.4. The maximum atomic E-state index is 12.4. The summed E-state index contributed by atoms with van der Waals surface area (Å²) in [5.41, 5.74) is 6.78. The summed E-state index contributed by atoms with van der Waals surface area (Å²) in [4.78, 5) is 23.7. The summed E-state index contributed by atoms with van der Waals surface area (Å²) in [6, 6.07) is 7.34. The second-order valence-electron chi connectivity index (χ2n) is 5.06. The molecule has 1 fully saturated rings. The Morgan fingerprint density at radius 3 is 2.44 bits per heavy atom. The first-order valence-electron chi connectivity index (χ1n) is 6.53. The van der Waals surface area contributed by atoms with Crippen LogP contribution in [0.25, 0.3) is 0 Å². The fraction of sp³-hybridized carbons (Fsp3) is 0.467. The molecule has 1 aromatic carbocycles. The number of hydrogen-bond donors (Lipinski definition) is 1. The van der Waals surface area contributed by atoms with Crippen molar-refractivity contribution in [3.05, 3.63) is 35.4 Å². The van der Waals surface area contributed by atoms with E-state index in [2.05, 4.69) is 0 Å². The number of primary amides is 1. The average Bonchev–Trinajstić information content (AvgIpc) is 2.90. The molecule has 0 bridgehead atoms. The highest BCUT2D eigenvalue weighted by molar-refractivity contribution is 6.00. The molecule has 18 heavy (non-hydrogen) atoms. The van der Waals surface area contributed by atoms with E-state index in [1.165, 1.54) is 0 Å². The zero-order valence-corrected chi connectivity index (χ0v) is 10.7. The molecule has 1 saturated carbocycles. The van der Waals surface area contributed by atoms with Crippen LogP contribution in [0.2, 0.25) is 0 Å². The van der Waals surface area contributed by atoms with Gasteiger partial charge >= 0.3 is 0 Å². The van der Waals surface area contributed by atoms with Gasteiger partial charge in [-0.2, -0.15) is 0 Å². The minimum atomic E-state index is -0.411. The number of rotatable bonds is 4. The van der Waals surface area contributed by atoms with Crippen molar-refractivity contribution < 1.29 is 9.59 Å². The maximum Gasteiger partial charge on any atom is 0.224 e. The van der Waals surface area contributed by atoms with Gasteiger partial charge in [0.2, 0.25) is 5.91 Å². The first kappa shape index (κ1) is 12.8. The largest absolute Gasteiger partial charge is 0.369 e. The van der Waals surface area contributed by atoms with Gasteiger partial charge in [0.15, 0.2) is 5.78 Å². The van der Waals surface area contributed by atoms with Crippen LogP contribution in [0.4, 0.5) is 0 Å². The molecule has 3 heteroatoms. The Morgan fingerprint density at radius 1 is 1.22 bits per heavy atom. The van der Waals surface area contributed by atoms with E-state index in [9.17, 15) is 9.59 Å².